The summed E-state index contributed by atoms with van der Waals surface area (Å²) in [5.74, 6) is -0.625. The number of likely N-dealkylation sites (tertiary alicyclic amines) is 1. The number of benzene rings is 1. The number of fused-ring (bicyclic) bond motifs is 1. The number of esters is 1. The third-order valence-corrected chi connectivity index (χ3v) is 5.12. The van der Waals surface area contributed by atoms with E-state index >= 15 is 0 Å². The lowest BCUT2D eigenvalue weighted by Crippen LogP contribution is -2.43. The molecule has 30 heavy (non-hydrogen) atoms. The minimum atomic E-state index is -0.625. The van der Waals surface area contributed by atoms with Crippen LogP contribution < -0.4 is 5.43 Å². The summed E-state index contributed by atoms with van der Waals surface area (Å²) < 4.78 is 12.6. The summed E-state index contributed by atoms with van der Waals surface area (Å²) in [7, 11) is 0. The zero-order valence-corrected chi connectivity index (χ0v) is 18.4. The van der Waals surface area contributed by atoms with E-state index in [0.717, 1.165) is 23.9 Å². The van der Waals surface area contributed by atoms with Crippen LogP contribution in [0, 0.1) is 6.92 Å². The van der Waals surface area contributed by atoms with Gasteiger partial charge in [-0.25, -0.2) is 9.59 Å². The number of aromatic nitrogens is 1. The Kier molecular flexibility index (Phi) is 6.19. The molecule has 0 unspecified atom stereocenters. The van der Waals surface area contributed by atoms with Crippen molar-refractivity contribution in [1.82, 2.24) is 9.47 Å². The lowest BCUT2D eigenvalue weighted by molar-refractivity contribution is 0.0173. The highest BCUT2D eigenvalue weighted by Crippen LogP contribution is 2.27. The molecule has 0 saturated carbocycles. The Bertz CT molecular complexity index is 1020. The smallest absolute Gasteiger partial charge is 0.410 e. The van der Waals surface area contributed by atoms with Gasteiger partial charge in [0.15, 0.2) is 0 Å². The molecule has 2 aromatic rings. The Balaban J connectivity index is 2.04. The van der Waals surface area contributed by atoms with Crippen LogP contribution in [0.15, 0.2) is 29.2 Å². The first-order valence-corrected chi connectivity index (χ1v) is 10.4. The van der Waals surface area contributed by atoms with Crippen molar-refractivity contribution in [2.45, 2.75) is 59.1 Å². The predicted molar refractivity (Wildman–Crippen MR) is 115 cm³/mol. The molecule has 0 radical (unpaired) electrons. The van der Waals surface area contributed by atoms with Crippen LogP contribution in [0.1, 0.15) is 62.5 Å². The Labute approximate surface area is 176 Å². The van der Waals surface area contributed by atoms with Crippen molar-refractivity contribution < 1.29 is 19.1 Å². The highest BCUT2D eigenvalue weighted by molar-refractivity contribution is 5.94. The number of rotatable bonds is 3. The Morgan fingerprint density at radius 2 is 1.97 bits per heavy atom. The highest BCUT2D eigenvalue weighted by Gasteiger charge is 2.29. The average molecular weight is 415 g/mol. The van der Waals surface area contributed by atoms with Crippen LogP contribution in [-0.4, -0.2) is 46.8 Å². The number of aryl methyl sites for hydroxylation is 1. The van der Waals surface area contributed by atoms with Crippen molar-refractivity contribution in [2.75, 3.05) is 19.7 Å². The number of hydrogen-bond donors (Lipinski definition) is 0. The van der Waals surface area contributed by atoms with Gasteiger partial charge < -0.3 is 18.9 Å². The first kappa shape index (κ1) is 21.9. The summed E-state index contributed by atoms with van der Waals surface area (Å²) in [4.78, 5) is 39.7. The van der Waals surface area contributed by atoms with E-state index in [1.54, 1.807) is 24.1 Å². The van der Waals surface area contributed by atoms with E-state index in [1.165, 1.54) is 0 Å². The number of carbonyl (C=O) groups is 2. The normalized spacial score (nSPS) is 17.1. The van der Waals surface area contributed by atoms with Crippen molar-refractivity contribution in [3.05, 3.63) is 45.7 Å². The summed E-state index contributed by atoms with van der Waals surface area (Å²) >= 11 is 0. The summed E-state index contributed by atoms with van der Waals surface area (Å²) in [6.45, 7) is 10.4. The van der Waals surface area contributed by atoms with Crippen molar-refractivity contribution in [2.24, 2.45) is 0 Å². The van der Waals surface area contributed by atoms with Crippen molar-refractivity contribution in [3.63, 3.8) is 0 Å². The van der Waals surface area contributed by atoms with Gasteiger partial charge in [0.25, 0.3) is 0 Å². The van der Waals surface area contributed by atoms with Gasteiger partial charge in [-0.3, -0.25) is 4.79 Å². The molecule has 162 valence electrons. The maximum absolute atomic E-state index is 13.0. The lowest BCUT2D eigenvalue weighted by Gasteiger charge is -2.35. The molecule has 0 aliphatic carbocycles. The summed E-state index contributed by atoms with van der Waals surface area (Å²) in [6.07, 6.45) is 2.87. The topological polar surface area (TPSA) is 77.8 Å². The molecular weight excluding hydrogens is 384 g/mol. The fourth-order valence-corrected chi connectivity index (χ4v) is 3.80. The van der Waals surface area contributed by atoms with Gasteiger partial charge in [0.1, 0.15) is 11.2 Å². The van der Waals surface area contributed by atoms with Crippen LogP contribution >= 0.6 is 0 Å². The maximum atomic E-state index is 13.0. The second kappa shape index (κ2) is 8.50. The van der Waals surface area contributed by atoms with Gasteiger partial charge in [-0.2, -0.15) is 0 Å². The maximum Gasteiger partial charge on any atom is 0.410 e. The number of nitrogens with zero attached hydrogens (tertiary/aromatic N) is 2. The van der Waals surface area contributed by atoms with Gasteiger partial charge in [0, 0.05) is 24.7 Å². The van der Waals surface area contributed by atoms with Crippen LogP contribution in [0.3, 0.4) is 0 Å². The number of ether oxygens (including phenoxy) is 2. The number of carbonyl (C=O) groups excluding carboxylic acids is 2. The summed E-state index contributed by atoms with van der Waals surface area (Å²) in [5, 5.41) is 0.481. The summed E-state index contributed by atoms with van der Waals surface area (Å²) in [5.41, 5.74) is 0.802. The third kappa shape index (κ3) is 4.66. The van der Waals surface area contributed by atoms with E-state index < -0.39 is 11.6 Å². The molecule has 1 amide bonds. The van der Waals surface area contributed by atoms with Crippen LogP contribution in [0.5, 0.6) is 0 Å². The molecule has 1 aliphatic heterocycles. The zero-order chi connectivity index (χ0) is 22.1. The Morgan fingerprint density at radius 3 is 2.63 bits per heavy atom. The highest BCUT2D eigenvalue weighted by atomic mass is 16.6. The molecule has 0 bridgehead atoms. The van der Waals surface area contributed by atoms with Crippen LogP contribution in [0.2, 0.25) is 0 Å². The number of hydrogen-bond acceptors (Lipinski definition) is 5. The van der Waals surface area contributed by atoms with Crippen molar-refractivity contribution >= 4 is 23.0 Å². The van der Waals surface area contributed by atoms with E-state index in [2.05, 4.69) is 0 Å². The van der Waals surface area contributed by atoms with Gasteiger partial charge >= 0.3 is 12.1 Å². The van der Waals surface area contributed by atoms with E-state index in [1.807, 2.05) is 44.4 Å². The molecule has 7 nitrogen and oxygen atoms in total. The number of piperidine rings is 1. The Hall–Kier alpha value is -2.83. The molecule has 7 heteroatoms. The van der Waals surface area contributed by atoms with Crippen LogP contribution in [0.25, 0.3) is 10.9 Å². The van der Waals surface area contributed by atoms with Crippen LogP contribution in [0.4, 0.5) is 4.79 Å². The largest absolute Gasteiger partial charge is 0.462 e. The molecule has 0 spiro atoms. The van der Waals surface area contributed by atoms with E-state index in [0.29, 0.717) is 18.5 Å². The van der Waals surface area contributed by atoms with Crippen molar-refractivity contribution in [1.29, 1.82) is 0 Å². The zero-order valence-electron chi connectivity index (χ0n) is 18.4. The second-order valence-corrected chi connectivity index (χ2v) is 8.74. The fourth-order valence-electron chi connectivity index (χ4n) is 3.80. The molecule has 0 N–H and O–H groups in total. The fraction of sp³-hybridized carbons (Fsp3) is 0.522. The lowest BCUT2D eigenvalue weighted by atomic mass is 10.0. The minimum Gasteiger partial charge on any atom is -0.462 e. The van der Waals surface area contributed by atoms with Gasteiger partial charge in [-0.1, -0.05) is 11.6 Å². The van der Waals surface area contributed by atoms with Gasteiger partial charge in [0.2, 0.25) is 5.43 Å². The van der Waals surface area contributed by atoms with E-state index in [-0.39, 0.29) is 29.7 Å². The molecule has 1 aromatic carbocycles. The number of amides is 1. The molecule has 1 fully saturated rings. The minimum absolute atomic E-state index is 0.0179. The molecule has 2 heterocycles. The standard InChI is InChI=1S/C23H30N2O5/c1-6-29-21(27)18-14-25(19-10-9-15(2)12-17(19)20(18)26)16-8-7-11-24(13-16)22(28)30-23(3,4)5/h9-10,12,14,16H,6-8,11,13H2,1-5H3/t16-/m0/s1. The first-order chi connectivity index (χ1) is 14.1. The quantitative estimate of drug-likeness (QED) is 0.708. The molecule has 3 rings (SSSR count). The van der Waals surface area contributed by atoms with Crippen LogP contribution in [-0.2, 0) is 9.47 Å². The molecular formula is C23H30N2O5. The van der Waals surface area contributed by atoms with Gasteiger partial charge in [0.05, 0.1) is 18.2 Å². The SMILES string of the molecule is CCOC(=O)c1cn([C@H]2CCCN(C(=O)OC(C)(C)C)C2)c2ccc(C)cc2c1=O. The van der Waals surface area contributed by atoms with Crippen molar-refractivity contribution in [3.8, 4) is 0 Å². The molecule has 1 atom stereocenters. The molecule has 1 aromatic heterocycles. The van der Waals surface area contributed by atoms with Gasteiger partial charge in [-0.05, 0) is 59.6 Å². The van der Waals surface area contributed by atoms with Gasteiger partial charge in [-0.15, -0.1) is 0 Å². The average Bonchev–Trinajstić information content (AvgIpc) is 2.67. The van der Waals surface area contributed by atoms with E-state index in [9.17, 15) is 14.4 Å². The number of pyridine rings is 1. The Morgan fingerprint density at radius 1 is 1.23 bits per heavy atom. The predicted octanol–water partition coefficient (Wildman–Crippen LogP) is 4.06. The van der Waals surface area contributed by atoms with E-state index in [4.69, 9.17) is 9.47 Å². The molecule has 1 aliphatic rings. The third-order valence-electron chi connectivity index (χ3n) is 5.12. The summed E-state index contributed by atoms with van der Waals surface area (Å²) in [6, 6.07) is 5.56. The molecule has 1 saturated heterocycles. The monoisotopic (exact) mass is 414 g/mol. The second-order valence-electron chi connectivity index (χ2n) is 8.74. The first-order valence-electron chi connectivity index (χ1n) is 10.4.